The van der Waals surface area contributed by atoms with E-state index >= 15 is 0 Å². The fourth-order valence-corrected chi connectivity index (χ4v) is 4.75. The number of nitrogens with one attached hydrogen (secondary N) is 1. The Labute approximate surface area is 183 Å². The van der Waals surface area contributed by atoms with E-state index < -0.39 is 22.0 Å². The monoisotopic (exact) mass is 456 g/mol. The van der Waals surface area contributed by atoms with E-state index in [4.69, 9.17) is 23.2 Å². The third-order valence-corrected chi connectivity index (χ3v) is 6.93. The average Bonchev–Trinajstić information content (AvgIpc) is 2.59. The normalized spacial score (nSPS) is 13.7. The van der Waals surface area contributed by atoms with E-state index in [2.05, 4.69) is 11.4 Å². The molecule has 2 atom stereocenters. The summed E-state index contributed by atoms with van der Waals surface area (Å²) in [4.78, 5) is 12.9. The first-order valence-corrected chi connectivity index (χ1v) is 11.8. The fourth-order valence-electron chi connectivity index (χ4n) is 3.29. The molecule has 0 aliphatic carbocycles. The van der Waals surface area contributed by atoms with Gasteiger partial charge < -0.3 is 5.32 Å². The van der Waals surface area contributed by atoms with Gasteiger partial charge in [0.05, 0.1) is 28.0 Å². The van der Waals surface area contributed by atoms with Crippen LogP contribution in [0, 0.1) is 20.8 Å². The van der Waals surface area contributed by atoms with Crippen molar-refractivity contribution in [3.8, 4) is 0 Å². The van der Waals surface area contributed by atoms with E-state index in [1.807, 2.05) is 33.8 Å². The van der Waals surface area contributed by atoms with Crippen molar-refractivity contribution in [2.45, 2.75) is 46.7 Å². The number of benzene rings is 2. The number of carbonyl (C=O) groups excluding carboxylic acids is 1. The molecule has 0 fully saturated rings. The minimum atomic E-state index is -3.74. The Morgan fingerprint density at radius 2 is 1.55 bits per heavy atom. The predicted octanol–water partition coefficient (Wildman–Crippen LogP) is 4.95. The molecule has 1 N–H and O–H groups in total. The van der Waals surface area contributed by atoms with Gasteiger partial charge in [-0.25, -0.2) is 8.42 Å². The van der Waals surface area contributed by atoms with Crippen LogP contribution >= 0.6 is 23.2 Å². The molecular formula is C21H26Cl2N2O3S. The molecule has 158 valence electrons. The second-order valence-corrected chi connectivity index (χ2v) is 10.0. The van der Waals surface area contributed by atoms with Gasteiger partial charge in [-0.1, -0.05) is 35.3 Å². The standard InChI is InChI=1S/C21H26Cl2N2O3S/c1-12-9-14(3)18(10-13(12)2)15(4)24-21(26)16(5)25(29(6,27)28)17-7-8-19(22)20(23)11-17/h7-11,15-16H,1-6H3,(H,24,26)/t15-,16+/m1/s1. The molecule has 0 bridgehead atoms. The van der Waals surface area contributed by atoms with Crippen LogP contribution in [-0.2, 0) is 14.8 Å². The quantitative estimate of drug-likeness (QED) is 0.668. The Hall–Kier alpha value is -1.76. The molecule has 0 heterocycles. The molecule has 0 aliphatic rings. The van der Waals surface area contributed by atoms with Crippen LogP contribution in [0.15, 0.2) is 30.3 Å². The Bertz CT molecular complexity index is 1040. The second kappa shape index (κ2) is 8.94. The van der Waals surface area contributed by atoms with Gasteiger partial charge in [0.1, 0.15) is 6.04 Å². The number of sulfonamides is 1. The zero-order valence-corrected chi connectivity index (χ0v) is 19.7. The maximum absolute atomic E-state index is 12.9. The fraction of sp³-hybridized carbons (Fsp3) is 0.381. The first-order valence-electron chi connectivity index (χ1n) is 9.15. The molecule has 0 aliphatic heterocycles. The van der Waals surface area contributed by atoms with Crippen molar-refractivity contribution >= 4 is 44.8 Å². The van der Waals surface area contributed by atoms with Gasteiger partial charge in [0.15, 0.2) is 0 Å². The summed E-state index contributed by atoms with van der Waals surface area (Å²) >= 11 is 12.0. The number of rotatable bonds is 6. The van der Waals surface area contributed by atoms with E-state index in [1.165, 1.54) is 23.8 Å². The third-order valence-electron chi connectivity index (χ3n) is 4.95. The Balaban J connectivity index is 2.32. The van der Waals surface area contributed by atoms with E-state index in [0.29, 0.717) is 5.02 Å². The van der Waals surface area contributed by atoms with Crippen molar-refractivity contribution in [1.82, 2.24) is 5.32 Å². The Morgan fingerprint density at radius 1 is 0.966 bits per heavy atom. The topological polar surface area (TPSA) is 66.5 Å². The average molecular weight is 457 g/mol. The molecule has 8 heteroatoms. The van der Waals surface area contributed by atoms with Crippen LogP contribution in [0.3, 0.4) is 0 Å². The summed E-state index contributed by atoms with van der Waals surface area (Å²) in [5.74, 6) is -0.411. The molecule has 0 saturated heterocycles. The van der Waals surface area contributed by atoms with Crippen LogP contribution in [0.1, 0.15) is 42.1 Å². The number of anilines is 1. The summed E-state index contributed by atoms with van der Waals surface area (Å²) < 4.78 is 25.9. The molecule has 2 aromatic rings. The number of amides is 1. The molecular weight excluding hydrogens is 431 g/mol. The molecule has 0 spiro atoms. The highest BCUT2D eigenvalue weighted by Crippen LogP contribution is 2.30. The number of aryl methyl sites for hydroxylation is 3. The zero-order chi connectivity index (χ0) is 22.1. The van der Waals surface area contributed by atoms with Crippen LogP contribution in [0.2, 0.25) is 10.0 Å². The molecule has 2 aromatic carbocycles. The molecule has 0 radical (unpaired) electrons. The van der Waals surface area contributed by atoms with Crippen molar-refractivity contribution < 1.29 is 13.2 Å². The SMILES string of the molecule is Cc1cc(C)c([C@@H](C)NC(=O)[C@H](C)N(c2ccc(Cl)c(Cl)c2)S(C)(=O)=O)cc1C. The Morgan fingerprint density at radius 3 is 2.10 bits per heavy atom. The predicted molar refractivity (Wildman–Crippen MR) is 120 cm³/mol. The summed E-state index contributed by atoms with van der Waals surface area (Å²) in [5.41, 5.74) is 4.65. The van der Waals surface area contributed by atoms with Gasteiger partial charge in [0.2, 0.25) is 15.9 Å². The lowest BCUT2D eigenvalue weighted by Crippen LogP contribution is -2.48. The maximum atomic E-state index is 12.9. The lowest BCUT2D eigenvalue weighted by Gasteiger charge is -2.30. The molecule has 0 saturated carbocycles. The molecule has 0 unspecified atom stereocenters. The van der Waals surface area contributed by atoms with Crippen LogP contribution < -0.4 is 9.62 Å². The van der Waals surface area contributed by atoms with Crippen LogP contribution in [0.5, 0.6) is 0 Å². The first kappa shape index (κ1) is 23.5. The van der Waals surface area contributed by atoms with Gasteiger partial charge in [-0.15, -0.1) is 0 Å². The van der Waals surface area contributed by atoms with Crippen molar-refractivity contribution in [1.29, 1.82) is 0 Å². The lowest BCUT2D eigenvalue weighted by atomic mass is 9.96. The zero-order valence-electron chi connectivity index (χ0n) is 17.4. The maximum Gasteiger partial charge on any atom is 0.244 e. The minimum Gasteiger partial charge on any atom is -0.348 e. The van der Waals surface area contributed by atoms with Crippen molar-refractivity contribution in [3.63, 3.8) is 0 Å². The van der Waals surface area contributed by atoms with Gasteiger partial charge in [-0.05, 0) is 75.1 Å². The van der Waals surface area contributed by atoms with Crippen molar-refractivity contribution in [2.75, 3.05) is 10.6 Å². The molecule has 1 amide bonds. The second-order valence-electron chi connectivity index (χ2n) is 7.36. The first-order chi connectivity index (χ1) is 13.3. The number of hydrogen-bond donors (Lipinski definition) is 1. The van der Waals surface area contributed by atoms with Crippen LogP contribution in [0.25, 0.3) is 0 Å². The summed E-state index contributed by atoms with van der Waals surface area (Å²) in [5, 5.41) is 3.45. The van der Waals surface area contributed by atoms with Crippen molar-refractivity contribution in [2.24, 2.45) is 0 Å². The summed E-state index contributed by atoms with van der Waals surface area (Å²) in [6.07, 6.45) is 1.05. The summed E-state index contributed by atoms with van der Waals surface area (Å²) in [7, 11) is -3.74. The summed E-state index contributed by atoms with van der Waals surface area (Å²) in [6, 6.07) is 7.34. The van der Waals surface area contributed by atoms with Gasteiger partial charge in [0.25, 0.3) is 0 Å². The largest absolute Gasteiger partial charge is 0.348 e. The van der Waals surface area contributed by atoms with Crippen molar-refractivity contribution in [3.05, 3.63) is 62.6 Å². The number of hydrogen-bond acceptors (Lipinski definition) is 3. The molecule has 2 rings (SSSR count). The van der Waals surface area contributed by atoms with Crippen LogP contribution in [0.4, 0.5) is 5.69 Å². The van der Waals surface area contributed by atoms with Gasteiger partial charge in [0, 0.05) is 0 Å². The molecule has 0 aromatic heterocycles. The van der Waals surface area contributed by atoms with E-state index in [-0.39, 0.29) is 16.8 Å². The van der Waals surface area contributed by atoms with Crippen LogP contribution in [-0.4, -0.2) is 26.6 Å². The minimum absolute atomic E-state index is 0.213. The van der Waals surface area contributed by atoms with Gasteiger partial charge in [-0.3, -0.25) is 9.10 Å². The summed E-state index contributed by atoms with van der Waals surface area (Å²) in [6.45, 7) is 9.47. The Kier molecular flexibility index (Phi) is 7.25. The molecule has 5 nitrogen and oxygen atoms in total. The highest BCUT2D eigenvalue weighted by atomic mass is 35.5. The van der Waals surface area contributed by atoms with Gasteiger partial charge in [-0.2, -0.15) is 0 Å². The number of halogens is 2. The lowest BCUT2D eigenvalue weighted by molar-refractivity contribution is -0.122. The molecule has 29 heavy (non-hydrogen) atoms. The van der Waals surface area contributed by atoms with E-state index in [1.54, 1.807) is 6.92 Å². The number of nitrogens with zero attached hydrogens (tertiary/aromatic N) is 1. The third kappa shape index (κ3) is 5.44. The van der Waals surface area contributed by atoms with E-state index in [0.717, 1.165) is 27.3 Å². The van der Waals surface area contributed by atoms with Gasteiger partial charge >= 0.3 is 0 Å². The smallest absolute Gasteiger partial charge is 0.244 e. The number of carbonyl (C=O) groups is 1. The highest BCUT2D eigenvalue weighted by Gasteiger charge is 2.30. The highest BCUT2D eigenvalue weighted by molar-refractivity contribution is 7.92. The van der Waals surface area contributed by atoms with E-state index in [9.17, 15) is 13.2 Å².